The summed E-state index contributed by atoms with van der Waals surface area (Å²) in [5.41, 5.74) is 0.844. The van der Waals surface area contributed by atoms with E-state index in [1.54, 1.807) is 6.07 Å². The number of furan rings is 1. The van der Waals surface area contributed by atoms with E-state index in [9.17, 15) is 4.79 Å². The number of hydrogen-bond donors (Lipinski definition) is 1. The Morgan fingerprint density at radius 3 is 2.69 bits per heavy atom. The van der Waals surface area contributed by atoms with Crippen molar-refractivity contribution in [2.45, 2.75) is 0 Å². The molecular formula is C13H8O3. The second-order valence-electron chi connectivity index (χ2n) is 3.62. The van der Waals surface area contributed by atoms with Gasteiger partial charge >= 0.3 is 5.97 Å². The van der Waals surface area contributed by atoms with Gasteiger partial charge in [-0.3, -0.25) is 0 Å². The maximum Gasteiger partial charge on any atom is 0.339 e. The smallest absolute Gasteiger partial charge is 0.339 e. The lowest BCUT2D eigenvalue weighted by Crippen LogP contribution is -1.93. The normalized spacial score (nSPS) is 11.0. The van der Waals surface area contributed by atoms with Gasteiger partial charge in [0.25, 0.3) is 0 Å². The third kappa shape index (κ3) is 1.11. The van der Waals surface area contributed by atoms with E-state index in [0.29, 0.717) is 11.0 Å². The first-order valence-corrected chi connectivity index (χ1v) is 4.89. The van der Waals surface area contributed by atoms with Crippen LogP contribution in [0.1, 0.15) is 10.4 Å². The van der Waals surface area contributed by atoms with Gasteiger partial charge in [-0.05, 0) is 11.5 Å². The van der Waals surface area contributed by atoms with Crippen LogP contribution in [0, 0.1) is 0 Å². The fourth-order valence-electron chi connectivity index (χ4n) is 1.93. The molecule has 0 saturated carbocycles. The molecule has 1 heterocycles. The van der Waals surface area contributed by atoms with Gasteiger partial charge in [-0.25, -0.2) is 4.79 Å². The van der Waals surface area contributed by atoms with Crippen LogP contribution in [-0.2, 0) is 0 Å². The molecule has 0 aliphatic carbocycles. The van der Waals surface area contributed by atoms with E-state index in [1.807, 2.05) is 30.3 Å². The molecule has 0 spiro atoms. The second kappa shape index (κ2) is 3.10. The fourth-order valence-corrected chi connectivity index (χ4v) is 1.93. The number of carboxylic acid groups (broad SMARTS) is 1. The van der Waals surface area contributed by atoms with Gasteiger partial charge in [-0.15, -0.1) is 0 Å². The van der Waals surface area contributed by atoms with E-state index < -0.39 is 5.97 Å². The van der Waals surface area contributed by atoms with Crippen molar-refractivity contribution in [3.8, 4) is 0 Å². The van der Waals surface area contributed by atoms with E-state index in [-0.39, 0.29) is 5.56 Å². The molecule has 0 atom stereocenters. The minimum Gasteiger partial charge on any atom is -0.478 e. The van der Waals surface area contributed by atoms with Crippen LogP contribution in [-0.4, -0.2) is 11.1 Å². The molecule has 0 radical (unpaired) electrons. The molecule has 78 valence electrons. The first kappa shape index (κ1) is 8.97. The number of fused-ring (bicyclic) bond motifs is 3. The SMILES string of the molecule is O=C(O)c1coc2c1ccc1ccccc12. The summed E-state index contributed by atoms with van der Waals surface area (Å²) in [6.45, 7) is 0. The topological polar surface area (TPSA) is 50.4 Å². The first-order chi connectivity index (χ1) is 7.77. The zero-order chi connectivity index (χ0) is 11.1. The molecule has 3 nitrogen and oxygen atoms in total. The molecular weight excluding hydrogens is 204 g/mol. The van der Waals surface area contributed by atoms with Crippen LogP contribution in [0.3, 0.4) is 0 Å². The van der Waals surface area contributed by atoms with Gasteiger partial charge < -0.3 is 9.52 Å². The number of aromatic carboxylic acids is 1. The maximum atomic E-state index is 11.0. The standard InChI is InChI=1S/C13H8O3/c14-13(15)11-7-16-12-9-4-2-1-3-8(9)5-6-10(11)12/h1-7H,(H,14,15). The van der Waals surface area contributed by atoms with E-state index in [4.69, 9.17) is 9.52 Å². The number of carbonyl (C=O) groups is 1. The third-order valence-electron chi connectivity index (χ3n) is 2.69. The van der Waals surface area contributed by atoms with Crippen LogP contribution in [0.25, 0.3) is 21.7 Å². The molecule has 3 aromatic rings. The van der Waals surface area contributed by atoms with E-state index >= 15 is 0 Å². The van der Waals surface area contributed by atoms with Crippen molar-refractivity contribution in [1.82, 2.24) is 0 Å². The van der Waals surface area contributed by atoms with E-state index in [0.717, 1.165) is 10.8 Å². The first-order valence-electron chi connectivity index (χ1n) is 4.89. The molecule has 1 aromatic heterocycles. The highest BCUT2D eigenvalue weighted by Gasteiger charge is 2.13. The van der Waals surface area contributed by atoms with Crippen molar-refractivity contribution in [1.29, 1.82) is 0 Å². The predicted octanol–water partition coefficient (Wildman–Crippen LogP) is 3.28. The third-order valence-corrected chi connectivity index (χ3v) is 2.69. The monoisotopic (exact) mass is 212 g/mol. The average molecular weight is 212 g/mol. The van der Waals surface area contributed by atoms with Gasteiger partial charge in [-0.1, -0.05) is 30.3 Å². The van der Waals surface area contributed by atoms with Crippen molar-refractivity contribution in [3.63, 3.8) is 0 Å². The Bertz CT molecular complexity index is 695. The summed E-state index contributed by atoms with van der Waals surface area (Å²) >= 11 is 0. The zero-order valence-electron chi connectivity index (χ0n) is 8.31. The minimum absolute atomic E-state index is 0.209. The van der Waals surface area contributed by atoms with E-state index in [2.05, 4.69) is 0 Å². The quantitative estimate of drug-likeness (QED) is 0.673. The number of benzene rings is 2. The molecule has 3 rings (SSSR count). The highest BCUT2D eigenvalue weighted by molar-refractivity contribution is 6.11. The Morgan fingerprint density at radius 1 is 1.06 bits per heavy atom. The molecule has 0 unspecified atom stereocenters. The Morgan fingerprint density at radius 2 is 1.88 bits per heavy atom. The summed E-state index contributed by atoms with van der Waals surface area (Å²) in [4.78, 5) is 11.0. The van der Waals surface area contributed by atoms with Gasteiger partial charge in [-0.2, -0.15) is 0 Å². The van der Waals surface area contributed by atoms with Gasteiger partial charge in [0.2, 0.25) is 0 Å². The van der Waals surface area contributed by atoms with Crippen LogP contribution < -0.4 is 0 Å². The molecule has 0 aliphatic rings. The van der Waals surface area contributed by atoms with Crippen LogP contribution in [0.2, 0.25) is 0 Å². The van der Waals surface area contributed by atoms with Crippen molar-refractivity contribution in [2.24, 2.45) is 0 Å². The van der Waals surface area contributed by atoms with Crippen molar-refractivity contribution < 1.29 is 14.3 Å². The molecule has 0 fully saturated rings. The van der Waals surface area contributed by atoms with Crippen LogP contribution >= 0.6 is 0 Å². The molecule has 3 heteroatoms. The van der Waals surface area contributed by atoms with E-state index in [1.165, 1.54) is 6.26 Å². The Labute approximate surface area is 90.9 Å². The summed E-state index contributed by atoms with van der Waals surface area (Å²) in [7, 11) is 0. The lowest BCUT2D eigenvalue weighted by atomic mass is 10.1. The fraction of sp³-hybridized carbons (Fsp3) is 0. The summed E-state index contributed by atoms with van der Waals surface area (Å²) in [6, 6.07) is 11.4. The molecule has 0 aliphatic heterocycles. The summed E-state index contributed by atoms with van der Waals surface area (Å²) in [5, 5.41) is 11.6. The second-order valence-corrected chi connectivity index (χ2v) is 3.62. The Balaban J connectivity index is 2.49. The molecule has 2 aromatic carbocycles. The predicted molar refractivity (Wildman–Crippen MR) is 60.7 cm³/mol. The molecule has 0 bridgehead atoms. The number of hydrogen-bond acceptors (Lipinski definition) is 2. The van der Waals surface area contributed by atoms with Gasteiger partial charge in [0.15, 0.2) is 0 Å². The number of rotatable bonds is 1. The lowest BCUT2D eigenvalue weighted by Gasteiger charge is -1.97. The highest BCUT2D eigenvalue weighted by atomic mass is 16.4. The van der Waals surface area contributed by atoms with Crippen molar-refractivity contribution >= 4 is 27.7 Å². The molecule has 0 amide bonds. The molecule has 16 heavy (non-hydrogen) atoms. The Kier molecular flexibility index (Phi) is 1.74. The van der Waals surface area contributed by atoms with Crippen molar-refractivity contribution in [2.75, 3.05) is 0 Å². The highest BCUT2D eigenvalue weighted by Crippen LogP contribution is 2.28. The average Bonchev–Trinajstić information content (AvgIpc) is 2.73. The van der Waals surface area contributed by atoms with Crippen LogP contribution in [0.15, 0.2) is 47.1 Å². The zero-order valence-corrected chi connectivity index (χ0v) is 8.31. The van der Waals surface area contributed by atoms with Crippen LogP contribution in [0.5, 0.6) is 0 Å². The largest absolute Gasteiger partial charge is 0.478 e. The minimum atomic E-state index is -0.964. The number of carboxylic acids is 1. The molecule has 1 N–H and O–H groups in total. The molecule has 0 saturated heterocycles. The van der Waals surface area contributed by atoms with Gasteiger partial charge in [0.1, 0.15) is 17.4 Å². The van der Waals surface area contributed by atoms with Crippen LogP contribution in [0.4, 0.5) is 0 Å². The summed E-state index contributed by atoms with van der Waals surface area (Å²) in [5.74, 6) is -0.964. The summed E-state index contributed by atoms with van der Waals surface area (Å²) < 4.78 is 5.34. The Hall–Kier alpha value is -2.29. The van der Waals surface area contributed by atoms with Gasteiger partial charge in [0.05, 0.1) is 0 Å². The maximum absolute atomic E-state index is 11.0. The summed E-state index contributed by atoms with van der Waals surface area (Å²) in [6.07, 6.45) is 1.29. The van der Waals surface area contributed by atoms with Gasteiger partial charge in [0, 0.05) is 10.8 Å². The van der Waals surface area contributed by atoms with Crippen molar-refractivity contribution in [3.05, 3.63) is 48.2 Å². The lowest BCUT2D eigenvalue weighted by molar-refractivity contribution is 0.0698.